The Morgan fingerprint density at radius 2 is 1.48 bits per heavy atom. The number of nitrogens with zero attached hydrogens (tertiary/aromatic N) is 1. The van der Waals surface area contributed by atoms with E-state index in [9.17, 15) is 0 Å². The Morgan fingerprint density at radius 1 is 0.815 bits per heavy atom. The van der Waals surface area contributed by atoms with Crippen LogP contribution in [0.3, 0.4) is 0 Å². The van der Waals surface area contributed by atoms with Gasteiger partial charge in [-0.15, -0.1) is 0 Å². The fourth-order valence-corrected chi connectivity index (χ4v) is 4.23. The van der Waals surface area contributed by atoms with Crippen LogP contribution in [0.2, 0.25) is 0 Å². The van der Waals surface area contributed by atoms with Crippen molar-refractivity contribution in [2.75, 3.05) is 10.6 Å². The molecule has 0 amide bonds. The first-order valence-corrected chi connectivity index (χ1v) is 9.17. The van der Waals surface area contributed by atoms with Crippen molar-refractivity contribution >= 4 is 27.8 Å². The van der Waals surface area contributed by atoms with Gasteiger partial charge in [-0.2, -0.15) is 0 Å². The Balaban J connectivity index is 2.12. The highest BCUT2D eigenvalue weighted by Crippen LogP contribution is 2.50. The standard InChI is InChI=1S/C25H24N2/c1-5-19-22(6-2)27(24-14-10-9-13-20(24)25(19,3)4)23-16-15-21(26)17-11-7-8-12-18(17)23/h5-16H,1-2,26H2,3-4H3. The maximum atomic E-state index is 6.25. The van der Waals surface area contributed by atoms with Crippen LogP contribution in [0, 0.1) is 0 Å². The van der Waals surface area contributed by atoms with E-state index in [-0.39, 0.29) is 5.41 Å². The Morgan fingerprint density at radius 3 is 2.19 bits per heavy atom. The molecule has 2 heteroatoms. The Kier molecular flexibility index (Phi) is 3.92. The van der Waals surface area contributed by atoms with Gasteiger partial charge in [0.15, 0.2) is 0 Å². The molecule has 0 saturated heterocycles. The molecule has 4 rings (SSSR count). The second-order valence-electron chi connectivity index (χ2n) is 7.40. The minimum Gasteiger partial charge on any atom is -0.398 e. The number of nitrogens with two attached hydrogens (primary N) is 1. The van der Waals surface area contributed by atoms with E-state index in [1.54, 1.807) is 0 Å². The zero-order valence-corrected chi connectivity index (χ0v) is 15.9. The van der Waals surface area contributed by atoms with Gasteiger partial charge in [-0.25, -0.2) is 0 Å². The SMILES string of the molecule is C=CC1=C(C=C)C(C)(C)c2ccccc2N1c1ccc(N)c2ccccc12. The van der Waals surface area contributed by atoms with Crippen molar-refractivity contribution in [3.63, 3.8) is 0 Å². The van der Waals surface area contributed by atoms with Gasteiger partial charge in [-0.1, -0.05) is 75.5 Å². The van der Waals surface area contributed by atoms with Gasteiger partial charge in [0, 0.05) is 27.6 Å². The highest BCUT2D eigenvalue weighted by atomic mass is 15.2. The topological polar surface area (TPSA) is 29.3 Å². The Bertz CT molecular complexity index is 1100. The summed E-state index contributed by atoms with van der Waals surface area (Å²) in [5, 5.41) is 2.18. The molecule has 0 radical (unpaired) electrons. The summed E-state index contributed by atoms with van der Waals surface area (Å²) in [6.45, 7) is 12.7. The molecule has 1 heterocycles. The third-order valence-electron chi connectivity index (χ3n) is 5.58. The summed E-state index contributed by atoms with van der Waals surface area (Å²) >= 11 is 0. The quantitative estimate of drug-likeness (QED) is 0.547. The summed E-state index contributed by atoms with van der Waals surface area (Å²) < 4.78 is 0. The number of allylic oxidation sites excluding steroid dienone is 3. The third-order valence-corrected chi connectivity index (χ3v) is 5.58. The lowest BCUT2D eigenvalue weighted by Gasteiger charge is -2.42. The average Bonchev–Trinajstić information content (AvgIpc) is 2.69. The molecule has 1 aliphatic rings. The monoisotopic (exact) mass is 352 g/mol. The van der Waals surface area contributed by atoms with Crippen LogP contribution in [0.4, 0.5) is 17.1 Å². The van der Waals surface area contributed by atoms with Gasteiger partial charge in [0.05, 0.1) is 11.4 Å². The molecule has 0 spiro atoms. The van der Waals surface area contributed by atoms with Crippen molar-refractivity contribution in [1.82, 2.24) is 0 Å². The van der Waals surface area contributed by atoms with Crippen molar-refractivity contribution < 1.29 is 0 Å². The molecule has 134 valence electrons. The smallest absolute Gasteiger partial charge is 0.0541 e. The van der Waals surface area contributed by atoms with E-state index < -0.39 is 0 Å². The summed E-state index contributed by atoms with van der Waals surface area (Å²) in [5.74, 6) is 0. The Labute approximate surface area is 160 Å². The van der Waals surface area contributed by atoms with Crippen LogP contribution in [0.5, 0.6) is 0 Å². The van der Waals surface area contributed by atoms with E-state index >= 15 is 0 Å². The number of hydrogen-bond acceptors (Lipinski definition) is 2. The van der Waals surface area contributed by atoms with Crippen LogP contribution in [-0.4, -0.2) is 0 Å². The molecule has 3 aromatic rings. The van der Waals surface area contributed by atoms with Crippen LogP contribution in [0.1, 0.15) is 19.4 Å². The molecule has 1 aliphatic heterocycles. The first kappa shape index (κ1) is 17.2. The van der Waals surface area contributed by atoms with E-state index in [0.717, 1.165) is 39.1 Å². The van der Waals surface area contributed by atoms with E-state index in [1.165, 1.54) is 5.56 Å². The number of anilines is 3. The van der Waals surface area contributed by atoms with Crippen LogP contribution >= 0.6 is 0 Å². The molecule has 2 nitrogen and oxygen atoms in total. The minimum absolute atomic E-state index is 0.151. The molecule has 0 fully saturated rings. The number of rotatable bonds is 3. The van der Waals surface area contributed by atoms with E-state index in [1.807, 2.05) is 24.3 Å². The van der Waals surface area contributed by atoms with Gasteiger partial charge in [0.1, 0.15) is 0 Å². The van der Waals surface area contributed by atoms with Crippen molar-refractivity contribution in [2.45, 2.75) is 19.3 Å². The minimum atomic E-state index is -0.151. The van der Waals surface area contributed by atoms with Gasteiger partial charge < -0.3 is 10.6 Å². The van der Waals surface area contributed by atoms with Gasteiger partial charge >= 0.3 is 0 Å². The fraction of sp³-hybridized carbons (Fsp3) is 0.120. The van der Waals surface area contributed by atoms with Crippen molar-refractivity contribution in [1.29, 1.82) is 0 Å². The molecule has 0 aliphatic carbocycles. The van der Waals surface area contributed by atoms with Crippen LogP contribution in [0.15, 0.2) is 97.2 Å². The van der Waals surface area contributed by atoms with Gasteiger partial charge in [0.25, 0.3) is 0 Å². The van der Waals surface area contributed by atoms with Crippen molar-refractivity contribution in [3.8, 4) is 0 Å². The first-order chi connectivity index (χ1) is 13.0. The lowest BCUT2D eigenvalue weighted by atomic mass is 9.73. The second kappa shape index (κ2) is 6.17. The zero-order valence-electron chi connectivity index (χ0n) is 15.9. The number of benzene rings is 3. The molecule has 2 N–H and O–H groups in total. The molecule has 0 aromatic heterocycles. The summed E-state index contributed by atoms with van der Waals surface area (Å²) in [6.07, 6.45) is 3.89. The molecule has 0 bridgehead atoms. The van der Waals surface area contributed by atoms with Gasteiger partial charge in [-0.3, -0.25) is 0 Å². The molecule has 0 atom stereocenters. The fourth-order valence-electron chi connectivity index (χ4n) is 4.23. The first-order valence-electron chi connectivity index (χ1n) is 9.17. The number of para-hydroxylation sites is 1. The van der Waals surface area contributed by atoms with E-state index in [0.29, 0.717) is 0 Å². The third kappa shape index (κ3) is 2.41. The lowest BCUT2D eigenvalue weighted by Crippen LogP contribution is -2.33. The highest BCUT2D eigenvalue weighted by Gasteiger charge is 2.36. The number of nitrogen functional groups attached to an aromatic ring is 1. The molecular formula is C25H24N2. The van der Waals surface area contributed by atoms with Crippen LogP contribution < -0.4 is 10.6 Å². The molecule has 0 unspecified atom stereocenters. The lowest BCUT2D eigenvalue weighted by molar-refractivity contribution is 0.622. The van der Waals surface area contributed by atoms with Crippen molar-refractivity contribution in [2.24, 2.45) is 0 Å². The predicted molar refractivity (Wildman–Crippen MR) is 117 cm³/mol. The van der Waals surface area contributed by atoms with E-state index in [2.05, 4.69) is 80.4 Å². The molecule has 0 saturated carbocycles. The highest BCUT2D eigenvalue weighted by molar-refractivity contribution is 6.04. The number of hydrogen-bond donors (Lipinski definition) is 1. The maximum Gasteiger partial charge on any atom is 0.0541 e. The largest absolute Gasteiger partial charge is 0.398 e. The summed E-state index contributed by atoms with van der Waals surface area (Å²) in [5.41, 5.74) is 12.6. The van der Waals surface area contributed by atoms with Crippen LogP contribution in [0.25, 0.3) is 10.8 Å². The predicted octanol–water partition coefficient (Wildman–Crippen LogP) is 6.48. The Hall–Kier alpha value is -3.26. The summed E-state index contributed by atoms with van der Waals surface area (Å²) in [7, 11) is 0. The van der Waals surface area contributed by atoms with Crippen molar-refractivity contribution in [3.05, 3.63) is 103 Å². The molecule has 3 aromatic carbocycles. The molecular weight excluding hydrogens is 328 g/mol. The second-order valence-corrected chi connectivity index (χ2v) is 7.40. The van der Waals surface area contributed by atoms with Gasteiger partial charge in [-0.05, 0) is 35.4 Å². The van der Waals surface area contributed by atoms with Crippen LogP contribution in [-0.2, 0) is 5.41 Å². The maximum absolute atomic E-state index is 6.25. The normalized spacial score (nSPS) is 15.6. The summed E-state index contributed by atoms with van der Waals surface area (Å²) in [4.78, 5) is 2.28. The summed E-state index contributed by atoms with van der Waals surface area (Å²) in [6, 6.07) is 20.9. The van der Waals surface area contributed by atoms with Gasteiger partial charge in [0.2, 0.25) is 0 Å². The molecule has 27 heavy (non-hydrogen) atoms. The average molecular weight is 352 g/mol. The zero-order chi connectivity index (χ0) is 19.2. The van der Waals surface area contributed by atoms with E-state index in [4.69, 9.17) is 5.73 Å². The number of fused-ring (bicyclic) bond motifs is 2.